The number of benzene rings is 1. The van der Waals surface area contributed by atoms with Gasteiger partial charge in [0.25, 0.3) is 0 Å². The Labute approximate surface area is 140 Å². The molecule has 1 fully saturated rings. The van der Waals surface area contributed by atoms with E-state index in [9.17, 15) is 4.79 Å². The van der Waals surface area contributed by atoms with Crippen LogP contribution in [-0.4, -0.2) is 37.6 Å². The van der Waals surface area contributed by atoms with Gasteiger partial charge in [-0.15, -0.1) is 0 Å². The highest BCUT2D eigenvalue weighted by molar-refractivity contribution is 5.78. The van der Waals surface area contributed by atoms with Gasteiger partial charge in [-0.25, -0.2) is 0 Å². The maximum absolute atomic E-state index is 12.3. The third-order valence-electron chi connectivity index (χ3n) is 4.91. The number of nitrogens with zero attached hydrogens (tertiary/aromatic N) is 1. The van der Waals surface area contributed by atoms with Crippen LogP contribution < -0.4 is 10.1 Å². The summed E-state index contributed by atoms with van der Waals surface area (Å²) in [7, 11) is 1.68. The molecule has 1 N–H and O–H groups in total. The molecule has 23 heavy (non-hydrogen) atoms. The molecule has 0 saturated carbocycles. The first-order chi connectivity index (χ1) is 11.2. The molecule has 1 atom stereocenters. The second-order valence-corrected chi connectivity index (χ2v) is 6.29. The predicted molar refractivity (Wildman–Crippen MR) is 93.6 cm³/mol. The van der Waals surface area contributed by atoms with E-state index in [4.69, 9.17) is 4.74 Å². The number of amides is 1. The molecule has 1 aliphatic heterocycles. The van der Waals surface area contributed by atoms with E-state index in [-0.39, 0.29) is 17.9 Å². The lowest BCUT2D eigenvalue weighted by Crippen LogP contribution is -2.39. The molecule has 1 heterocycles. The summed E-state index contributed by atoms with van der Waals surface area (Å²) >= 11 is 0. The van der Waals surface area contributed by atoms with Crippen LogP contribution in [0.3, 0.4) is 0 Å². The zero-order valence-corrected chi connectivity index (χ0v) is 14.7. The van der Waals surface area contributed by atoms with Crippen LogP contribution in [0.15, 0.2) is 24.3 Å². The van der Waals surface area contributed by atoms with Crippen molar-refractivity contribution in [3.8, 4) is 5.75 Å². The van der Waals surface area contributed by atoms with Crippen molar-refractivity contribution in [2.45, 2.75) is 45.6 Å². The fraction of sp³-hybridized carbons (Fsp3) is 0.632. The zero-order valence-electron chi connectivity index (χ0n) is 14.7. The summed E-state index contributed by atoms with van der Waals surface area (Å²) in [5, 5.41) is 3.18. The molecule has 1 saturated heterocycles. The minimum atomic E-state index is 0.130. The van der Waals surface area contributed by atoms with Crippen molar-refractivity contribution in [1.82, 2.24) is 10.2 Å². The fourth-order valence-electron chi connectivity index (χ4n) is 3.34. The molecule has 128 valence electrons. The topological polar surface area (TPSA) is 41.6 Å². The van der Waals surface area contributed by atoms with Crippen LogP contribution in [0.5, 0.6) is 5.75 Å². The van der Waals surface area contributed by atoms with E-state index >= 15 is 0 Å². The molecule has 2 rings (SSSR count). The second-order valence-electron chi connectivity index (χ2n) is 6.29. The highest BCUT2D eigenvalue weighted by Crippen LogP contribution is 2.26. The monoisotopic (exact) mass is 318 g/mol. The van der Waals surface area contributed by atoms with Crippen molar-refractivity contribution in [3.63, 3.8) is 0 Å². The zero-order chi connectivity index (χ0) is 16.7. The summed E-state index contributed by atoms with van der Waals surface area (Å²) in [6, 6.07) is 8.49. The highest BCUT2D eigenvalue weighted by atomic mass is 16.5. The smallest absolute Gasteiger partial charge is 0.223 e. The van der Waals surface area contributed by atoms with E-state index in [1.54, 1.807) is 7.11 Å². The first-order valence-electron chi connectivity index (χ1n) is 8.85. The Kier molecular flexibility index (Phi) is 6.90. The largest absolute Gasteiger partial charge is 0.497 e. The van der Waals surface area contributed by atoms with Crippen molar-refractivity contribution in [3.05, 3.63) is 29.8 Å². The molecule has 4 nitrogen and oxygen atoms in total. The number of nitrogens with one attached hydrogen (secondary N) is 1. The van der Waals surface area contributed by atoms with E-state index in [0.717, 1.165) is 31.7 Å². The van der Waals surface area contributed by atoms with E-state index < -0.39 is 0 Å². The second kappa shape index (κ2) is 8.92. The van der Waals surface area contributed by atoms with Crippen LogP contribution in [0.25, 0.3) is 0 Å². The highest BCUT2D eigenvalue weighted by Gasteiger charge is 2.25. The first kappa shape index (κ1) is 17.8. The fourth-order valence-corrected chi connectivity index (χ4v) is 3.34. The van der Waals surface area contributed by atoms with Gasteiger partial charge in [-0.05, 0) is 56.5 Å². The molecule has 0 aromatic heterocycles. The van der Waals surface area contributed by atoms with Gasteiger partial charge < -0.3 is 10.1 Å². The molecule has 0 radical (unpaired) electrons. The lowest BCUT2D eigenvalue weighted by molar-refractivity contribution is -0.125. The predicted octanol–water partition coefficient (Wildman–Crippen LogP) is 3.38. The Bertz CT molecular complexity index is 477. The summed E-state index contributed by atoms with van der Waals surface area (Å²) in [6.45, 7) is 7.06. The number of carbonyl (C=O) groups is 1. The number of rotatable bonds is 8. The molecule has 0 aliphatic carbocycles. The van der Waals surface area contributed by atoms with E-state index in [0.29, 0.717) is 6.54 Å². The maximum Gasteiger partial charge on any atom is 0.223 e. The van der Waals surface area contributed by atoms with Crippen molar-refractivity contribution in [2.75, 3.05) is 26.7 Å². The Balaban J connectivity index is 2.06. The molecular formula is C19H30N2O2. The molecule has 1 amide bonds. The van der Waals surface area contributed by atoms with Crippen molar-refractivity contribution < 1.29 is 9.53 Å². The normalized spacial score (nSPS) is 16.5. The van der Waals surface area contributed by atoms with E-state index in [2.05, 4.69) is 36.2 Å². The molecule has 1 aromatic rings. The number of hydrogen-bond donors (Lipinski definition) is 1. The SMILES string of the molecule is CCC(CC)C(=O)NC[C@@H](c1ccc(OC)cc1)N1CCCC1. The standard InChI is InChI=1S/C19H30N2O2/c1-4-15(5-2)19(22)20-14-18(21-12-6-7-13-21)16-8-10-17(23-3)11-9-16/h8-11,15,18H,4-7,12-14H2,1-3H3,(H,20,22)/t18-/m0/s1. The average molecular weight is 318 g/mol. The van der Waals surface area contributed by atoms with E-state index in [1.165, 1.54) is 18.4 Å². The summed E-state index contributed by atoms with van der Waals surface area (Å²) in [5.74, 6) is 1.19. The van der Waals surface area contributed by atoms with Gasteiger partial charge in [0.2, 0.25) is 5.91 Å². The molecule has 0 spiro atoms. The number of ether oxygens (including phenoxy) is 1. The van der Waals surface area contributed by atoms with Crippen molar-refractivity contribution >= 4 is 5.91 Å². The van der Waals surface area contributed by atoms with Crippen LogP contribution in [0, 0.1) is 5.92 Å². The Morgan fingerprint density at radius 3 is 2.30 bits per heavy atom. The van der Waals surface area contributed by atoms with Gasteiger partial charge >= 0.3 is 0 Å². The number of likely N-dealkylation sites (tertiary alicyclic amines) is 1. The van der Waals surface area contributed by atoms with Crippen LogP contribution in [0.2, 0.25) is 0 Å². The van der Waals surface area contributed by atoms with Gasteiger partial charge in [0.1, 0.15) is 5.75 Å². The number of carbonyl (C=O) groups excluding carboxylic acids is 1. The lowest BCUT2D eigenvalue weighted by Gasteiger charge is -2.29. The quantitative estimate of drug-likeness (QED) is 0.799. The van der Waals surface area contributed by atoms with Crippen LogP contribution >= 0.6 is 0 Å². The average Bonchev–Trinajstić information content (AvgIpc) is 3.11. The van der Waals surface area contributed by atoms with Gasteiger partial charge in [0.15, 0.2) is 0 Å². The third-order valence-corrected chi connectivity index (χ3v) is 4.91. The maximum atomic E-state index is 12.3. The van der Waals surface area contributed by atoms with Crippen molar-refractivity contribution in [2.24, 2.45) is 5.92 Å². The summed E-state index contributed by atoms with van der Waals surface area (Å²) in [6.07, 6.45) is 4.29. The van der Waals surface area contributed by atoms with Gasteiger partial charge in [0, 0.05) is 12.5 Å². The van der Waals surface area contributed by atoms with Crippen LogP contribution in [0.1, 0.15) is 51.1 Å². The molecule has 1 aromatic carbocycles. The molecule has 0 bridgehead atoms. The summed E-state index contributed by atoms with van der Waals surface area (Å²) in [5.41, 5.74) is 1.25. The summed E-state index contributed by atoms with van der Waals surface area (Å²) in [4.78, 5) is 14.8. The Hall–Kier alpha value is -1.55. The van der Waals surface area contributed by atoms with Crippen molar-refractivity contribution in [1.29, 1.82) is 0 Å². The van der Waals surface area contributed by atoms with Crippen LogP contribution in [0.4, 0.5) is 0 Å². The number of methoxy groups -OCH3 is 1. The molecule has 4 heteroatoms. The number of hydrogen-bond acceptors (Lipinski definition) is 3. The Morgan fingerprint density at radius 2 is 1.78 bits per heavy atom. The van der Waals surface area contributed by atoms with Gasteiger partial charge in [-0.1, -0.05) is 26.0 Å². The van der Waals surface area contributed by atoms with Gasteiger partial charge in [0.05, 0.1) is 13.2 Å². The summed E-state index contributed by atoms with van der Waals surface area (Å²) < 4.78 is 5.25. The third kappa shape index (κ3) is 4.71. The molecule has 1 aliphatic rings. The molecule has 0 unspecified atom stereocenters. The minimum Gasteiger partial charge on any atom is -0.497 e. The van der Waals surface area contributed by atoms with Crippen LogP contribution in [-0.2, 0) is 4.79 Å². The Morgan fingerprint density at radius 1 is 1.17 bits per heavy atom. The first-order valence-corrected chi connectivity index (χ1v) is 8.85. The van der Waals surface area contributed by atoms with Gasteiger partial charge in [-0.3, -0.25) is 9.69 Å². The molecular weight excluding hydrogens is 288 g/mol. The minimum absolute atomic E-state index is 0.130. The van der Waals surface area contributed by atoms with E-state index in [1.807, 2.05) is 12.1 Å². The lowest BCUT2D eigenvalue weighted by atomic mass is 10.0. The van der Waals surface area contributed by atoms with Gasteiger partial charge in [-0.2, -0.15) is 0 Å².